The van der Waals surface area contributed by atoms with Crippen LogP contribution in [0.15, 0.2) is 59.4 Å². The van der Waals surface area contributed by atoms with E-state index in [2.05, 4.69) is 15.3 Å². The van der Waals surface area contributed by atoms with Crippen LogP contribution in [0.25, 0.3) is 33.1 Å². The van der Waals surface area contributed by atoms with E-state index in [0.29, 0.717) is 11.1 Å². The molecule has 1 saturated heterocycles. The van der Waals surface area contributed by atoms with Gasteiger partial charge in [0, 0.05) is 41.6 Å². The van der Waals surface area contributed by atoms with E-state index < -0.39 is 0 Å². The first-order valence-electron chi connectivity index (χ1n) is 9.83. The van der Waals surface area contributed by atoms with Crippen molar-refractivity contribution in [3.63, 3.8) is 0 Å². The Morgan fingerprint density at radius 3 is 2.66 bits per heavy atom. The van der Waals surface area contributed by atoms with Crippen LogP contribution < -0.4 is 10.9 Å². The number of hydrogen-bond donors (Lipinski definition) is 3. The second kappa shape index (κ2) is 6.90. The molecular formula is C23H22N4O2. The molecule has 1 aliphatic heterocycles. The van der Waals surface area contributed by atoms with Gasteiger partial charge < -0.3 is 20.2 Å². The van der Waals surface area contributed by atoms with Gasteiger partial charge in [-0.25, -0.2) is 0 Å². The van der Waals surface area contributed by atoms with Crippen LogP contribution in [0.1, 0.15) is 16.8 Å². The molecule has 2 aromatic heterocycles. The van der Waals surface area contributed by atoms with Crippen molar-refractivity contribution in [3.8, 4) is 11.3 Å². The summed E-state index contributed by atoms with van der Waals surface area (Å²) < 4.78 is 0. The SMILES string of the molecule is CN(C(=O)c1ccc2cc(-c3cc4ccccc4[nH]c3=O)[nH]c2c1)C1CCNC1. The van der Waals surface area contributed by atoms with Gasteiger partial charge in [0.1, 0.15) is 0 Å². The fourth-order valence-corrected chi connectivity index (χ4v) is 4.09. The Labute approximate surface area is 167 Å². The van der Waals surface area contributed by atoms with Gasteiger partial charge in [-0.05, 0) is 48.7 Å². The van der Waals surface area contributed by atoms with Gasteiger partial charge in [-0.15, -0.1) is 0 Å². The van der Waals surface area contributed by atoms with Gasteiger partial charge >= 0.3 is 0 Å². The van der Waals surface area contributed by atoms with Crippen LogP contribution in [0.3, 0.4) is 0 Å². The van der Waals surface area contributed by atoms with Crippen molar-refractivity contribution in [2.75, 3.05) is 20.1 Å². The van der Waals surface area contributed by atoms with E-state index in [0.717, 1.165) is 47.0 Å². The molecule has 3 N–H and O–H groups in total. The molecule has 3 heterocycles. The maximum atomic E-state index is 12.9. The summed E-state index contributed by atoms with van der Waals surface area (Å²) in [6.45, 7) is 1.78. The summed E-state index contributed by atoms with van der Waals surface area (Å²) in [7, 11) is 1.86. The Hall–Kier alpha value is -3.38. The number of fused-ring (bicyclic) bond motifs is 2. The van der Waals surface area contributed by atoms with Crippen LogP contribution in [0.4, 0.5) is 0 Å². The van der Waals surface area contributed by atoms with Gasteiger partial charge in [-0.1, -0.05) is 24.3 Å². The van der Waals surface area contributed by atoms with E-state index in [1.165, 1.54) is 0 Å². The predicted octanol–water partition coefficient (Wildman–Crippen LogP) is 3.11. The number of hydrogen-bond acceptors (Lipinski definition) is 3. The summed E-state index contributed by atoms with van der Waals surface area (Å²) >= 11 is 0. The third-order valence-electron chi connectivity index (χ3n) is 5.82. The lowest BCUT2D eigenvalue weighted by Gasteiger charge is -2.23. The van der Waals surface area contributed by atoms with Crippen LogP contribution in [-0.4, -0.2) is 47.0 Å². The Bertz CT molecular complexity index is 1280. The van der Waals surface area contributed by atoms with E-state index in [9.17, 15) is 9.59 Å². The number of nitrogens with one attached hydrogen (secondary N) is 3. The average molecular weight is 386 g/mol. The van der Waals surface area contributed by atoms with Gasteiger partial charge in [-0.2, -0.15) is 0 Å². The Balaban J connectivity index is 1.52. The number of carbonyl (C=O) groups is 1. The molecule has 146 valence electrons. The summed E-state index contributed by atoms with van der Waals surface area (Å²) in [5, 5.41) is 5.24. The highest BCUT2D eigenvalue weighted by molar-refractivity contribution is 5.99. The standard InChI is InChI=1S/C23H22N4O2/c1-27(17-8-9-24-13-17)23(29)16-7-6-15-11-21(25-20(15)12-16)18-10-14-4-2-3-5-19(14)26-22(18)28/h2-7,10-12,17,24-25H,8-9,13H2,1H3,(H,26,28). The number of aromatic nitrogens is 2. The smallest absolute Gasteiger partial charge is 0.257 e. The zero-order valence-corrected chi connectivity index (χ0v) is 16.2. The van der Waals surface area contributed by atoms with Crippen molar-refractivity contribution in [1.82, 2.24) is 20.2 Å². The van der Waals surface area contributed by atoms with Crippen LogP contribution in [0, 0.1) is 0 Å². The molecular weight excluding hydrogens is 364 g/mol. The third-order valence-corrected chi connectivity index (χ3v) is 5.82. The van der Waals surface area contributed by atoms with Crippen molar-refractivity contribution in [3.05, 3.63) is 70.5 Å². The number of carbonyl (C=O) groups excluding carboxylic acids is 1. The first-order valence-corrected chi connectivity index (χ1v) is 9.83. The minimum atomic E-state index is -0.139. The van der Waals surface area contributed by atoms with E-state index >= 15 is 0 Å². The molecule has 0 spiro atoms. The number of H-pyrrole nitrogens is 2. The molecule has 1 atom stereocenters. The fraction of sp³-hybridized carbons (Fsp3) is 0.217. The van der Waals surface area contributed by atoms with Crippen molar-refractivity contribution in [2.24, 2.45) is 0 Å². The molecule has 0 bridgehead atoms. The highest BCUT2D eigenvalue weighted by Crippen LogP contribution is 2.25. The lowest BCUT2D eigenvalue weighted by atomic mass is 10.1. The molecule has 0 radical (unpaired) electrons. The largest absolute Gasteiger partial charge is 0.354 e. The van der Waals surface area contributed by atoms with E-state index in [1.54, 1.807) is 0 Å². The molecule has 1 fully saturated rings. The van der Waals surface area contributed by atoms with E-state index in [1.807, 2.05) is 66.5 Å². The summed E-state index contributed by atoms with van der Waals surface area (Å²) in [6, 6.07) is 17.4. The fourth-order valence-electron chi connectivity index (χ4n) is 4.09. The average Bonchev–Trinajstić information content (AvgIpc) is 3.41. The van der Waals surface area contributed by atoms with Crippen LogP contribution in [-0.2, 0) is 0 Å². The number of para-hydroxylation sites is 1. The molecule has 4 aromatic rings. The minimum absolute atomic E-state index is 0.0142. The molecule has 29 heavy (non-hydrogen) atoms. The Morgan fingerprint density at radius 1 is 1.00 bits per heavy atom. The second-order valence-electron chi connectivity index (χ2n) is 7.65. The molecule has 1 unspecified atom stereocenters. The van der Waals surface area contributed by atoms with E-state index in [-0.39, 0.29) is 17.5 Å². The number of aromatic amines is 2. The number of benzene rings is 2. The first kappa shape index (κ1) is 17.7. The zero-order chi connectivity index (χ0) is 20.0. The van der Waals surface area contributed by atoms with Crippen LogP contribution in [0.2, 0.25) is 0 Å². The van der Waals surface area contributed by atoms with Crippen molar-refractivity contribution in [1.29, 1.82) is 0 Å². The molecule has 0 saturated carbocycles. The van der Waals surface area contributed by atoms with Crippen molar-refractivity contribution < 1.29 is 4.79 Å². The molecule has 5 rings (SSSR count). The minimum Gasteiger partial charge on any atom is -0.354 e. The van der Waals surface area contributed by atoms with Crippen molar-refractivity contribution >= 4 is 27.7 Å². The molecule has 0 aliphatic carbocycles. The summed E-state index contributed by atoms with van der Waals surface area (Å²) in [5.74, 6) is 0.0142. The van der Waals surface area contributed by atoms with Crippen LogP contribution in [0.5, 0.6) is 0 Å². The topological polar surface area (TPSA) is 81.0 Å². The molecule has 1 amide bonds. The second-order valence-corrected chi connectivity index (χ2v) is 7.65. The first-order chi connectivity index (χ1) is 14.1. The van der Waals surface area contributed by atoms with Crippen LogP contribution >= 0.6 is 0 Å². The maximum Gasteiger partial charge on any atom is 0.257 e. The number of amides is 1. The predicted molar refractivity (Wildman–Crippen MR) is 115 cm³/mol. The van der Waals surface area contributed by atoms with Gasteiger partial charge in [0.05, 0.1) is 11.3 Å². The molecule has 2 aromatic carbocycles. The van der Waals surface area contributed by atoms with Gasteiger partial charge in [0.2, 0.25) is 0 Å². The summed E-state index contributed by atoms with van der Waals surface area (Å²) in [4.78, 5) is 33.5. The lowest BCUT2D eigenvalue weighted by Crippen LogP contribution is -2.38. The Kier molecular flexibility index (Phi) is 4.21. The third kappa shape index (κ3) is 3.11. The number of rotatable bonds is 3. The highest BCUT2D eigenvalue weighted by atomic mass is 16.2. The molecule has 6 heteroatoms. The van der Waals surface area contributed by atoms with Gasteiger partial charge in [0.25, 0.3) is 11.5 Å². The number of nitrogens with zero attached hydrogens (tertiary/aromatic N) is 1. The van der Waals surface area contributed by atoms with E-state index in [4.69, 9.17) is 0 Å². The quantitative estimate of drug-likeness (QED) is 0.506. The summed E-state index contributed by atoms with van der Waals surface area (Å²) in [6.07, 6.45) is 0.974. The monoisotopic (exact) mass is 386 g/mol. The van der Waals surface area contributed by atoms with Gasteiger partial charge in [0.15, 0.2) is 0 Å². The van der Waals surface area contributed by atoms with Gasteiger partial charge in [-0.3, -0.25) is 9.59 Å². The van der Waals surface area contributed by atoms with Crippen molar-refractivity contribution in [2.45, 2.75) is 12.5 Å². The number of likely N-dealkylation sites (N-methyl/N-ethyl adjacent to an activating group) is 1. The maximum absolute atomic E-state index is 12.9. The zero-order valence-electron chi connectivity index (χ0n) is 16.2. The lowest BCUT2D eigenvalue weighted by molar-refractivity contribution is 0.0744. The normalized spacial score (nSPS) is 16.5. The number of pyridine rings is 1. The molecule has 6 nitrogen and oxygen atoms in total. The summed E-state index contributed by atoms with van der Waals surface area (Å²) in [5.41, 5.74) is 3.49. The Morgan fingerprint density at radius 2 is 1.83 bits per heavy atom. The highest BCUT2D eigenvalue weighted by Gasteiger charge is 2.24. The molecule has 1 aliphatic rings.